The third-order valence-electron chi connectivity index (χ3n) is 7.72. The van der Waals surface area contributed by atoms with Crippen molar-refractivity contribution < 1.29 is 52.9 Å². The minimum absolute atomic E-state index is 0.159. The highest BCUT2D eigenvalue weighted by atomic mass is 35.5. The fourth-order valence-corrected chi connectivity index (χ4v) is 5.74. The Hall–Kier alpha value is -4.98. The number of hydrogen-bond acceptors (Lipinski definition) is 9. The third-order valence-corrected chi connectivity index (χ3v) is 7.94. The Labute approximate surface area is 326 Å². The standard InChI is InChI=1S/C22H21BO3.2C9H11ClNO3/c24-23(25)26-18-10-17-22(19-11-4-1-5-12-19,20-13-6-2-7-14-20)21-15-8-3-9-16-21;2*1-2-14-11-6-4-3-5-8(11)9(12)13-7-10/h1-9,11-16H,10,17-18H2;2*3-6H,2,7H2,1H3/q-2;2*+1. The molecule has 0 unspecified atom stereocenters. The van der Waals surface area contributed by atoms with E-state index in [2.05, 4.69) is 45.9 Å². The molecule has 0 saturated carbocycles. The molecule has 0 saturated heterocycles. The van der Waals surface area contributed by atoms with E-state index in [1.807, 2.05) is 68.4 Å². The van der Waals surface area contributed by atoms with E-state index in [1.54, 1.807) is 48.8 Å². The second-order valence-electron chi connectivity index (χ2n) is 11.0. The van der Waals surface area contributed by atoms with E-state index in [-0.39, 0.29) is 24.2 Å². The van der Waals surface area contributed by atoms with E-state index in [0.717, 1.165) is 6.42 Å². The molecule has 0 radical (unpaired) electrons. The Morgan fingerprint density at radius 2 is 0.981 bits per heavy atom. The number of rotatable bonds is 16. The molecule has 0 amide bonds. The molecule has 14 heteroatoms. The van der Waals surface area contributed by atoms with Gasteiger partial charge in [0.25, 0.3) is 0 Å². The smallest absolute Gasteiger partial charge is 0.409 e. The van der Waals surface area contributed by atoms with Crippen LogP contribution in [0, 0.1) is 0 Å². The van der Waals surface area contributed by atoms with Crippen molar-refractivity contribution in [3.8, 4) is 0 Å². The van der Waals surface area contributed by atoms with Gasteiger partial charge in [0.2, 0.25) is 12.4 Å². The Kier molecular flexibility index (Phi) is 19.6. The number of benzene rings is 3. The van der Waals surface area contributed by atoms with Crippen LogP contribution in [0.3, 0.4) is 0 Å². The van der Waals surface area contributed by atoms with Gasteiger partial charge in [0.1, 0.15) is 0 Å². The van der Waals surface area contributed by atoms with Gasteiger partial charge >= 0.3 is 23.3 Å². The van der Waals surface area contributed by atoms with Crippen LogP contribution in [0.1, 0.15) is 64.4 Å². The van der Waals surface area contributed by atoms with Crippen molar-refractivity contribution in [1.29, 1.82) is 0 Å². The van der Waals surface area contributed by atoms with Crippen LogP contribution >= 0.6 is 23.2 Å². The molecule has 0 atom stereocenters. The highest BCUT2D eigenvalue weighted by molar-refractivity contribution is 6.28. The monoisotopic (exact) mass is 776 g/mol. The quantitative estimate of drug-likeness (QED) is 0.0363. The van der Waals surface area contributed by atoms with Crippen molar-refractivity contribution in [2.75, 3.05) is 32.0 Å². The zero-order valence-electron chi connectivity index (χ0n) is 30.1. The molecule has 0 fully saturated rings. The third kappa shape index (κ3) is 13.2. The summed E-state index contributed by atoms with van der Waals surface area (Å²) in [5.74, 6) is -1.01. The Bertz CT molecular complexity index is 1650. The maximum Gasteiger partial charge on any atom is 0.409 e. The van der Waals surface area contributed by atoms with E-state index in [9.17, 15) is 19.6 Å². The van der Waals surface area contributed by atoms with Gasteiger partial charge in [-0.25, -0.2) is 9.59 Å². The van der Waals surface area contributed by atoms with Crippen molar-refractivity contribution in [2.24, 2.45) is 0 Å². The van der Waals surface area contributed by atoms with Gasteiger partial charge in [-0.05, 0) is 55.5 Å². The zero-order valence-corrected chi connectivity index (χ0v) is 31.6. The molecule has 54 heavy (non-hydrogen) atoms. The molecular weight excluding hydrogens is 734 g/mol. The van der Waals surface area contributed by atoms with Crippen LogP contribution in [0.2, 0.25) is 0 Å². The largest absolute Gasteiger partial charge is 0.871 e. The fourth-order valence-electron chi connectivity index (χ4n) is 5.54. The number of nitrogens with zero attached hydrogens (tertiary/aromatic N) is 2. The number of aromatic nitrogens is 2. The number of pyridine rings is 2. The van der Waals surface area contributed by atoms with Gasteiger partial charge in [-0.1, -0.05) is 114 Å². The number of ether oxygens (including phenoxy) is 2. The van der Waals surface area contributed by atoms with Gasteiger partial charge in [0, 0.05) is 45.7 Å². The summed E-state index contributed by atoms with van der Waals surface area (Å²) in [7, 11) is -2.23. The van der Waals surface area contributed by atoms with E-state index in [1.165, 1.54) is 26.2 Å². The molecule has 284 valence electrons. The van der Waals surface area contributed by atoms with E-state index in [4.69, 9.17) is 37.5 Å². The SMILES string of the molecule is CCO[n+]1ccccc1C(=O)OCCl.CCO[n+]1ccccc1C(=O)OCCl.[O-]B([O-])OCCCC(c1ccccc1)(c1ccccc1)c1ccccc1. The first kappa shape index (κ1) is 43.4. The van der Waals surface area contributed by atoms with Crippen molar-refractivity contribution >= 4 is 42.5 Å². The van der Waals surface area contributed by atoms with Crippen molar-refractivity contribution in [3.05, 3.63) is 168 Å². The predicted octanol–water partition coefficient (Wildman–Crippen LogP) is 4.07. The lowest BCUT2D eigenvalue weighted by Crippen LogP contribution is -2.48. The van der Waals surface area contributed by atoms with Crippen LogP contribution in [-0.4, -0.2) is 51.2 Å². The maximum atomic E-state index is 11.3. The Morgan fingerprint density at radius 3 is 1.31 bits per heavy atom. The number of carbonyl (C=O) groups is 2. The summed E-state index contributed by atoms with van der Waals surface area (Å²) in [5.41, 5.74) is 3.80. The van der Waals surface area contributed by atoms with Gasteiger partial charge in [-0.2, -0.15) is 0 Å². The molecule has 0 aliphatic heterocycles. The lowest BCUT2D eigenvalue weighted by Gasteiger charge is -2.37. The predicted molar refractivity (Wildman–Crippen MR) is 200 cm³/mol. The normalized spacial score (nSPS) is 10.4. The summed E-state index contributed by atoms with van der Waals surface area (Å²) >= 11 is 10.6. The number of carbonyl (C=O) groups excluding carboxylic acids is 2. The lowest BCUT2D eigenvalue weighted by atomic mass is 9.67. The molecule has 5 rings (SSSR count). The summed E-state index contributed by atoms with van der Waals surface area (Å²) in [4.78, 5) is 33.0. The van der Waals surface area contributed by atoms with Gasteiger partial charge < -0.3 is 24.2 Å². The molecule has 2 heterocycles. The number of esters is 2. The van der Waals surface area contributed by atoms with Crippen LogP contribution in [0.25, 0.3) is 0 Å². The first-order valence-corrected chi connectivity index (χ1v) is 18.2. The lowest BCUT2D eigenvalue weighted by molar-refractivity contribution is -0.892. The number of alkyl halides is 2. The summed E-state index contributed by atoms with van der Waals surface area (Å²) in [6.45, 7) is 4.75. The summed E-state index contributed by atoms with van der Waals surface area (Å²) in [6, 6.07) is 40.9. The summed E-state index contributed by atoms with van der Waals surface area (Å²) in [6.07, 6.45) is 4.61. The van der Waals surface area contributed by atoms with Gasteiger partial charge in [-0.15, -0.1) is 0 Å². The van der Waals surface area contributed by atoms with E-state index < -0.39 is 19.3 Å². The minimum atomic E-state index is -2.23. The van der Waals surface area contributed by atoms with Crippen LogP contribution in [0.4, 0.5) is 0 Å². The highest BCUT2D eigenvalue weighted by Crippen LogP contribution is 2.42. The van der Waals surface area contributed by atoms with Crippen molar-refractivity contribution in [1.82, 2.24) is 0 Å². The molecule has 0 spiro atoms. The zero-order chi connectivity index (χ0) is 39.0. The summed E-state index contributed by atoms with van der Waals surface area (Å²) < 4.78 is 16.7. The van der Waals surface area contributed by atoms with Crippen molar-refractivity contribution in [3.63, 3.8) is 0 Å². The Morgan fingerprint density at radius 1 is 0.611 bits per heavy atom. The number of halogens is 2. The first-order chi connectivity index (χ1) is 26.3. The molecule has 3 aromatic carbocycles. The topological polar surface area (TPSA) is 134 Å². The molecule has 2 aromatic heterocycles. The van der Waals surface area contributed by atoms with E-state index in [0.29, 0.717) is 31.0 Å². The van der Waals surface area contributed by atoms with Gasteiger partial charge in [0.15, 0.2) is 25.3 Å². The van der Waals surface area contributed by atoms with E-state index >= 15 is 0 Å². The Balaban J connectivity index is 0.000000238. The molecule has 0 N–H and O–H groups in total. The summed E-state index contributed by atoms with van der Waals surface area (Å²) in [5, 5.41) is 21.4. The minimum Gasteiger partial charge on any atom is -0.871 e. The first-order valence-electron chi connectivity index (χ1n) is 17.2. The molecule has 11 nitrogen and oxygen atoms in total. The fraction of sp³-hybridized carbons (Fsp3) is 0.250. The molecule has 0 aliphatic rings. The second kappa shape index (κ2) is 24.4. The van der Waals surface area contributed by atoms with Crippen LogP contribution in [-0.2, 0) is 19.5 Å². The number of hydrogen-bond donors (Lipinski definition) is 0. The molecular formula is C40H43BCl2N2O9. The average Bonchev–Trinajstić information content (AvgIpc) is 3.20. The van der Waals surface area contributed by atoms with Gasteiger partial charge in [0.05, 0.1) is 7.32 Å². The highest BCUT2D eigenvalue weighted by Gasteiger charge is 2.35. The van der Waals surface area contributed by atoms with Crippen molar-refractivity contribution in [2.45, 2.75) is 32.1 Å². The van der Waals surface area contributed by atoms with Crippen LogP contribution in [0.5, 0.6) is 0 Å². The molecule has 5 aromatic rings. The average molecular weight is 778 g/mol. The van der Waals surface area contributed by atoms with Crippen LogP contribution < -0.4 is 29.2 Å². The molecule has 0 aliphatic carbocycles. The molecule has 0 bridgehead atoms. The van der Waals surface area contributed by atoms with Crippen LogP contribution in [0.15, 0.2) is 140 Å². The second-order valence-corrected chi connectivity index (χ2v) is 11.4. The maximum absolute atomic E-state index is 11.3. The van der Waals surface area contributed by atoms with Gasteiger partial charge in [-0.3, -0.25) is 9.68 Å².